The first-order chi connectivity index (χ1) is 16.9. The Bertz CT molecular complexity index is 1410. The van der Waals surface area contributed by atoms with E-state index >= 15 is 0 Å². The number of hydrogen-bond acceptors (Lipinski definition) is 7. The lowest BCUT2D eigenvalue weighted by Gasteiger charge is -2.35. The number of anilines is 1. The average Bonchev–Trinajstić information content (AvgIpc) is 3.23. The molecule has 3 aromatic heterocycles. The van der Waals surface area contributed by atoms with Gasteiger partial charge in [0.2, 0.25) is 5.91 Å². The number of ether oxygens (including phenoxy) is 1. The lowest BCUT2D eigenvalue weighted by Crippen LogP contribution is -2.50. The van der Waals surface area contributed by atoms with Gasteiger partial charge in [-0.25, -0.2) is 14.8 Å². The molecule has 9 nitrogen and oxygen atoms in total. The summed E-state index contributed by atoms with van der Waals surface area (Å²) in [6, 6.07) is 11.2. The SMILES string of the molecule is CC(=O)n1c(N2CCN(C(=O)Oc3ncc(-c4ccnc(C)c4)cn3)CC2)cc2cc(Cl)ccc21. The number of pyridine rings is 1. The Labute approximate surface area is 206 Å². The second kappa shape index (κ2) is 9.34. The van der Waals surface area contributed by atoms with E-state index in [4.69, 9.17) is 16.3 Å². The fourth-order valence-corrected chi connectivity index (χ4v) is 4.42. The second-order valence-electron chi connectivity index (χ2n) is 8.34. The van der Waals surface area contributed by atoms with Crippen molar-refractivity contribution in [3.63, 3.8) is 0 Å². The van der Waals surface area contributed by atoms with Crippen LogP contribution in [0.25, 0.3) is 22.0 Å². The first-order valence-corrected chi connectivity index (χ1v) is 11.6. The van der Waals surface area contributed by atoms with Crippen LogP contribution in [0.1, 0.15) is 17.4 Å². The highest BCUT2D eigenvalue weighted by Gasteiger charge is 2.26. The molecule has 4 heterocycles. The molecule has 0 bridgehead atoms. The van der Waals surface area contributed by atoms with Crippen LogP contribution in [0, 0.1) is 6.92 Å². The molecule has 1 fully saturated rings. The Hall–Kier alpha value is -3.98. The maximum absolute atomic E-state index is 12.7. The maximum Gasteiger partial charge on any atom is 0.417 e. The van der Waals surface area contributed by atoms with Crippen LogP contribution in [0.5, 0.6) is 6.01 Å². The number of aromatic nitrogens is 4. The van der Waals surface area contributed by atoms with Crippen LogP contribution in [-0.2, 0) is 0 Å². The van der Waals surface area contributed by atoms with Crippen molar-refractivity contribution in [1.29, 1.82) is 0 Å². The lowest BCUT2D eigenvalue weighted by atomic mass is 10.1. The summed E-state index contributed by atoms with van der Waals surface area (Å²) in [6.07, 6.45) is 4.46. The van der Waals surface area contributed by atoms with Crippen molar-refractivity contribution in [2.45, 2.75) is 13.8 Å². The number of halogens is 1. The molecule has 4 aromatic rings. The summed E-state index contributed by atoms with van der Waals surface area (Å²) in [4.78, 5) is 41.3. The molecule has 1 aromatic carbocycles. The highest BCUT2D eigenvalue weighted by Crippen LogP contribution is 2.29. The molecule has 5 rings (SSSR count). The second-order valence-corrected chi connectivity index (χ2v) is 8.78. The largest absolute Gasteiger partial charge is 0.417 e. The third-order valence-corrected chi connectivity index (χ3v) is 6.19. The Morgan fingerprint density at radius 3 is 2.37 bits per heavy atom. The van der Waals surface area contributed by atoms with Gasteiger partial charge in [-0.3, -0.25) is 14.3 Å². The summed E-state index contributed by atoms with van der Waals surface area (Å²) in [5.74, 6) is 0.703. The molecule has 10 heteroatoms. The minimum Gasteiger partial charge on any atom is -0.374 e. The maximum atomic E-state index is 12.7. The highest BCUT2D eigenvalue weighted by atomic mass is 35.5. The van der Waals surface area contributed by atoms with Crippen molar-refractivity contribution in [1.82, 2.24) is 24.4 Å². The molecule has 0 unspecified atom stereocenters. The van der Waals surface area contributed by atoms with Crippen molar-refractivity contribution in [3.05, 3.63) is 65.7 Å². The van der Waals surface area contributed by atoms with E-state index in [0.717, 1.165) is 33.5 Å². The predicted octanol–water partition coefficient (Wildman–Crippen LogP) is 4.44. The van der Waals surface area contributed by atoms with Gasteiger partial charge < -0.3 is 14.5 Å². The van der Waals surface area contributed by atoms with Gasteiger partial charge in [0, 0.05) is 73.4 Å². The zero-order valence-corrected chi connectivity index (χ0v) is 20.1. The molecular weight excluding hydrogens is 468 g/mol. The van der Waals surface area contributed by atoms with E-state index in [1.165, 1.54) is 6.92 Å². The zero-order valence-electron chi connectivity index (χ0n) is 19.3. The van der Waals surface area contributed by atoms with Gasteiger partial charge in [0.1, 0.15) is 5.82 Å². The fraction of sp³-hybridized carbons (Fsp3) is 0.240. The monoisotopic (exact) mass is 490 g/mol. The number of rotatable bonds is 3. The first kappa shape index (κ1) is 22.8. The number of hydrogen-bond donors (Lipinski definition) is 0. The highest BCUT2D eigenvalue weighted by molar-refractivity contribution is 6.31. The number of benzene rings is 1. The molecule has 35 heavy (non-hydrogen) atoms. The molecule has 0 N–H and O–H groups in total. The molecule has 0 saturated carbocycles. The number of nitrogens with zero attached hydrogens (tertiary/aromatic N) is 6. The van der Waals surface area contributed by atoms with Crippen molar-refractivity contribution < 1.29 is 14.3 Å². The van der Waals surface area contributed by atoms with Crippen molar-refractivity contribution in [2.75, 3.05) is 31.1 Å². The Kier molecular flexibility index (Phi) is 6.08. The molecule has 1 aliphatic rings. The van der Waals surface area contributed by atoms with Crippen LogP contribution < -0.4 is 9.64 Å². The standard InChI is InChI=1S/C25H23ClN6O3/c1-16-11-18(5-6-27-16)20-14-28-24(29-15-20)35-25(34)31-9-7-30(8-10-31)23-13-19-12-21(26)3-4-22(19)32(23)17(2)33/h3-6,11-15H,7-10H2,1-2H3. The summed E-state index contributed by atoms with van der Waals surface area (Å²) in [6.45, 7) is 5.42. The normalized spacial score (nSPS) is 13.8. The number of fused-ring (bicyclic) bond motifs is 1. The van der Waals surface area contributed by atoms with Gasteiger partial charge >= 0.3 is 12.1 Å². The molecule has 0 spiro atoms. The number of aryl methyl sites for hydroxylation is 1. The molecule has 0 radical (unpaired) electrons. The van der Waals surface area contributed by atoms with Crippen LogP contribution in [0.3, 0.4) is 0 Å². The van der Waals surface area contributed by atoms with E-state index in [1.807, 2.05) is 37.3 Å². The molecule has 0 aliphatic carbocycles. The van der Waals surface area contributed by atoms with Crippen LogP contribution >= 0.6 is 11.6 Å². The van der Waals surface area contributed by atoms with E-state index < -0.39 is 6.09 Å². The lowest BCUT2D eigenvalue weighted by molar-refractivity contribution is 0.0941. The number of carbonyl (C=O) groups is 2. The zero-order chi connectivity index (χ0) is 24.5. The number of amides is 1. The van der Waals surface area contributed by atoms with Gasteiger partial charge in [-0.05, 0) is 48.9 Å². The summed E-state index contributed by atoms with van der Waals surface area (Å²) in [7, 11) is 0. The van der Waals surface area contributed by atoms with Crippen LogP contribution in [0.15, 0.2) is 55.0 Å². The van der Waals surface area contributed by atoms with Crippen molar-refractivity contribution in [2.24, 2.45) is 0 Å². The predicted molar refractivity (Wildman–Crippen MR) is 133 cm³/mol. The topological polar surface area (TPSA) is 93.5 Å². The Morgan fingerprint density at radius 1 is 0.943 bits per heavy atom. The number of piperazine rings is 1. The fourth-order valence-electron chi connectivity index (χ4n) is 4.24. The van der Waals surface area contributed by atoms with Gasteiger partial charge in [-0.1, -0.05) is 11.6 Å². The molecular formula is C25H23ClN6O3. The minimum atomic E-state index is -0.504. The molecule has 0 atom stereocenters. The first-order valence-electron chi connectivity index (χ1n) is 11.2. The summed E-state index contributed by atoms with van der Waals surface area (Å²) < 4.78 is 7.07. The van der Waals surface area contributed by atoms with E-state index in [0.29, 0.717) is 31.2 Å². The van der Waals surface area contributed by atoms with Gasteiger partial charge in [0.05, 0.1) is 5.52 Å². The van der Waals surface area contributed by atoms with E-state index in [-0.39, 0.29) is 11.9 Å². The number of carbonyl (C=O) groups excluding carboxylic acids is 2. The van der Waals surface area contributed by atoms with Crippen LogP contribution in [0.2, 0.25) is 5.02 Å². The summed E-state index contributed by atoms with van der Waals surface area (Å²) in [5, 5.41) is 1.51. The Morgan fingerprint density at radius 2 is 1.69 bits per heavy atom. The summed E-state index contributed by atoms with van der Waals surface area (Å²) in [5.41, 5.74) is 3.45. The molecule has 1 aliphatic heterocycles. The minimum absolute atomic E-state index is 0.000502. The summed E-state index contributed by atoms with van der Waals surface area (Å²) >= 11 is 6.13. The van der Waals surface area contributed by atoms with E-state index in [2.05, 4.69) is 19.9 Å². The van der Waals surface area contributed by atoms with Crippen LogP contribution in [0.4, 0.5) is 10.6 Å². The molecule has 1 amide bonds. The molecule has 178 valence electrons. The average molecular weight is 491 g/mol. The van der Waals surface area contributed by atoms with Crippen LogP contribution in [-0.4, -0.2) is 62.6 Å². The van der Waals surface area contributed by atoms with Crippen molar-refractivity contribution in [3.8, 4) is 17.1 Å². The smallest absolute Gasteiger partial charge is 0.374 e. The third kappa shape index (κ3) is 4.67. The van der Waals surface area contributed by atoms with E-state index in [9.17, 15) is 9.59 Å². The van der Waals surface area contributed by atoms with Gasteiger partial charge in [0.25, 0.3) is 0 Å². The third-order valence-electron chi connectivity index (χ3n) is 5.96. The van der Waals surface area contributed by atoms with Crippen molar-refractivity contribution >= 4 is 40.3 Å². The quantitative estimate of drug-likeness (QED) is 0.419. The molecule has 1 saturated heterocycles. The van der Waals surface area contributed by atoms with E-state index in [1.54, 1.807) is 34.1 Å². The van der Waals surface area contributed by atoms with Gasteiger partial charge in [0.15, 0.2) is 0 Å². The Balaban J connectivity index is 1.24. The van der Waals surface area contributed by atoms with Gasteiger partial charge in [-0.2, -0.15) is 0 Å². The van der Waals surface area contributed by atoms with Gasteiger partial charge in [-0.15, -0.1) is 0 Å².